The molecule has 132 valence electrons. The standard InChI is InChI=1S/C21H21N3O2/c1-14-8-4-6-10-17(14)24(18-12-13-20(26-3)23-15(18)2)19-11-7-5-9-16(19)21(22)25/h4-13H,1-3H3,(H2,22,25). The SMILES string of the molecule is COc1ccc(N(c2ccccc2C)c2ccccc2C(N)=O)c(C)n1. The number of amides is 1. The third-order valence-electron chi connectivity index (χ3n) is 4.25. The van der Waals surface area contributed by atoms with E-state index in [2.05, 4.69) is 4.98 Å². The lowest BCUT2D eigenvalue weighted by Crippen LogP contribution is -2.19. The van der Waals surface area contributed by atoms with Gasteiger partial charge in [0.05, 0.1) is 29.7 Å². The summed E-state index contributed by atoms with van der Waals surface area (Å²) in [6.07, 6.45) is 0. The first-order valence-corrected chi connectivity index (χ1v) is 8.29. The number of rotatable bonds is 5. The Morgan fingerprint density at radius 2 is 1.58 bits per heavy atom. The number of methoxy groups -OCH3 is 1. The smallest absolute Gasteiger partial charge is 0.250 e. The normalized spacial score (nSPS) is 10.4. The van der Waals surface area contributed by atoms with Gasteiger partial charge in [-0.1, -0.05) is 30.3 Å². The van der Waals surface area contributed by atoms with Gasteiger partial charge in [0.15, 0.2) is 0 Å². The lowest BCUT2D eigenvalue weighted by atomic mass is 10.1. The third kappa shape index (κ3) is 3.24. The number of benzene rings is 2. The highest BCUT2D eigenvalue weighted by molar-refractivity contribution is 6.01. The lowest BCUT2D eigenvalue weighted by Gasteiger charge is -2.29. The van der Waals surface area contributed by atoms with Crippen molar-refractivity contribution in [1.29, 1.82) is 0 Å². The fourth-order valence-electron chi connectivity index (χ4n) is 2.96. The molecular weight excluding hydrogens is 326 g/mol. The van der Waals surface area contributed by atoms with E-state index in [4.69, 9.17) is 10.5 Å². The van der Waals surface area contributed by atoms with Crippen LogP contribution in [0.15, 0.2) is 60.7 Å². The van der Waals surface area contributed by atoms with Crippen LogP contribution >= 0.6 is 0 Å². The van der Waals surface area contributed by atoms with E-state index in [1.807, 2.05) is 61.2 Å². The van der Waals surface area contributed by atoms with Gasteiger partial charge in [-0.2, -0.15) is 0 Å². The Hall–Kier alpha value is -3.34. The Morgan fingerprint density at radius 3 is 2.19 bits per heavy atom. The molecule has 1 amide bonds. The monoisotopic (exact) mass is 347 g/mol. The molecule has 2 N–H and O–H groups in total. The molecule has 3 rings (SSSR count). The second-order valence-electron chi connectivity index (χ2n) is 5.96. The summed E-state index contributed by atoms with van der Waals surface area (Å²) in [6, 6.07) is 19.0. The van der Waals surface area contributed by atoms with E-state index in [9.17, 15) is 4.79 Å². The summed E-state index contributed by atoms with van der Waals surface area (Å²) in [4.78, 5) is 18.5. The molecule has 0 radical (unpaired) electrons. The van der Waals surface area contributed by atoms with Gasteiger partial charge < -0.3 is 15.4 Å². The maximum absolute atomic E-state index is 12.0. The van der Waals surface area contributed by atoms with E-state index in [-0.39, 0.29) is 0 Å². The first kappa shape index (κ1) is 17.5. The molecule has 0 fully saturated rings. The first-order chi connectivity index (χ1) is 12.5. The molecule has 0 bridgehead atoms. The van der Waals surface area contributed by atoms with E-state index in [1.54, 1.807) is 25.3 Å². The number of hydrogen-bond donors (Lipinski definition) is 1. The predicted octanol–water partition coefficient (Wildman–Crippen LogP) is 4.28. The zero-order chi connectivity index (χ0) is 18.7. The van der Waals surface area contributed by atoms with Crippen molar-refractivity contribution in [1.82, 2.24) is 4.98 Å². The Bertz CT molecular complexity index is 953. The maximum Gasteiger partial charge on any atom is 0.250 e. The summed E-state index contributed by atoms with van der Waals surface area (Å²) in [5.74, 6) is 0.0671. The van der Waals surface area contributed by atoms with Crippen molar-refractivity contribution in [2.24, 2.45) is 5.73 Å². The molecule has 1 aromatic heterocycles. The van der Waals surface area contributed by atoms with E-state index in [1.165, 1.54) is 0 Å². The average molecular weight is 347 g/mol. The van der Waals surface area contributed by atoms with Crippen molar-refractivity contribution < 1.29 is 9.53 Å². The van der Waals surface area contributed by atoms with Crippen LogP contribution < -0.4 is 15.4 Å². The van der Waals surface area contributed by atoms with Crippen molar-refractivity contribution in [2.75, 3.05) is 12.0 Å². The Morgan fingerprint density at radius 1 is 0.923 bits per heavy atom. The Kier molecular flexibility index (Phi) is 4.89. The largest absolute Gasteiger partial charge is 0.481 e. The molecule has 0 aliphatic heterocycles. The second-order valence-corrected chi connectivity index (χ2v) is 5.96. The molecule has 5 nitrogen and oxygen atoms in total. The second kappa shape index (κ2) is 7.27. The van der Waals surface area contributed by atoms with Gasteiger partial charge in [0.2, 0.25) is 5.88 Å². The van der Waals surface area contributed by atoms with Crippen molar-refractivity contribution in [3.8, 4) is 5.88 Å². The van der Waals surface area contributed by atoms with Crippen LogP contribution in [0.4, 0.5) is 17.1 Å². The average Bonchev–Trinajstić information content (AvgIpc) is 2.65. The minimum Gasteiger partial charge on any atom is -0.481 e. The van der Waals surface area contributed by atoms with Gasteiger partial charge in [0.1, 0.15) is 0 Å². The first-order valence-electron chi connectivity index (χ1n) is 8.29. The summed E-state index contributed by atoms with van der Waals surface area (Å²) in [6.45, 7) is 3.94. The molecule has 3 aromatic rings. The van der Waals surface area contributed by atoms with Gasteiger partial charge in [-0.15, -0.1) is 0 Å². The Labute approximate surface area is 153 Å². The summed E-state index contributed by atoms with van der Waals surface area (Å²) in [5.41, 5.74) is 10.5. The zero-order valence-electron chi connectivity index (χ0n) is 15.1. The predicted molar refractivity (Wildman–Crippen MR) is 103 cm³/mol. The van der Waals surface area contributed by atoms with Crippen molar-refractivity contribution >= 4 is 23.0 Å². The molecule has 1 heterocycles. The van der Waals surface area contributed by atoms with Crippen LogP contribution in [0.5, 0.6) is 5.88 Å². The number of para-hydroxylation sites is 2. The van der Waals surface area contributed by atoms with Crippen LogP contribution in [0.3, 0.4) is 0 Å². The number of carbonyl (C=O) groups excluding carboxylic acids is 1. The van der Waals surface area contributed by atoms with Crippen molar-refractivity contribution in [2.45, 2.75) is 13.8 Å². The summed E-state index contributed by atoms with van der Waals surface area (Å²) >= 11 is 0. The van der Waals surface area contributed by atoms with Crippen LogP contribution in [0, 0.1) is 13.8 Å². The molecule has 0 saturated carbocycles. The Balaban J connectivity index is 2.29. The third-order valence-corrected chi connectivity index (χ3v) is 4.25. The van der Waals surface area contributed by atoms with Crippen molar-refractivity contribution in [3.05, 3.63) is 77.5 Å². The minimum absolute atomic E-state index is 0.450. The highest BCUT2D eigenvalue weighted by atomic mass is 16.5. The number of anilines is 3. The number of aromatic nitrogens is 1. The molecule has 0 unspecified atom stereocenters. The van der Waals surface area contributed by atoms with Crippen LogP contribution in [0.1, 0.15) is 21.6 Å². The maximum atomic E-state index is 12.0. The van der Waals surface area contributed by atoms with Crippen LogP contribution in [0.25, 0.3) is 0 Å². The van der Waals surface area contributed by atoms with Gasteiger partial charge in [-0.05, 0) is 43.7 Å². The van der Waals surface area contributed by atoms with E-state index in [0.717, 1.165) is 22.6 Å². The number of pyridine rings is 1. The van der Waals surface area contributed by atoms with E-state index in [0.29, 0.717) is 17.1 Å². The molecule has 5 heteroatoms. The number of carbonyl (C=O) groups is 1. The van der Waals surface area contributed by atoms with Crippen LogP contribution in [-0.2, 0) is 0 Å². The fourth-order valence-corrected chi connectivity index (χ4v) is 2.96. The van der Waals surface area contributed by atoms with Gasteiger partial charge in [-0.25, -0.2) is 4.98 Å². The fraction of sp³-hybridized carbons (Fsp3) is 0.143. The minimum atomic E-state index is -0.474. The molecule has 26 heavy (non-hydrogen) atoms. The highest BCUT2D eigenvalue weighted by Gasteiger charge is 2.21. The molecule has 0 spiro atoms. The van der Waals surface area contributed by atoms with Crippen LogP contribution in [0.2, 0.25) is 0 Å². The molecule has 0 aliphatic rings. The summed E-state index contributed by atoms with van der Waals surface area (Å²) in [7, 11) is 1.59. The highest BCUT2D eigenvalue weighted by Crippen LogP contribution is 2.39. The van der Waals surface area contributed by atoms with E-state index >= 15 is 0 Å². The van der Waals surface area contributed by atoms with Gasteiger partial charge >= 0.3 is 0 Å². The number of nitrogens with zero attached hydrogens (tertiary/aromatic N) is 2. The molecular formula is C21H21N3O2. The van der Waals surface area contributed by atoms with Gasteiger partial charge in [0, 0.05) is 11.8 Å². The quantitative estimate of drug-likeness (QED) is 0.748. The number of hydrogen-bond acceptors (Lipinski definition) is 4. The number of ether oxygens (including phenoxy) is 1. The van der Waals surface area contributed by atoms with Crippen LogP contribution in [-0.4, -0.2) is 18.0 Å². The molecule has 2 aromatic carbocycles. The molecule has 0 atom stereocenters. The number of nitrogens with two attached hydrogens (primary N) is 1. The topological polar surface area (TPSA) is 68.5 Å². The van der Waals surface area contributed by atoms with Crippen molar-refractivity contribution in [3.63, 3.8) is 0 Å². The number of aryl methyl sites for hydroxylation is 2. The van der Waals surface area contributed by atoms with Gasteiger partial charge in [0.25, 0.3) is 5.91 Å². The zero-order valence-corrected chi connectivity index (χ0v) is 15.1. The number of primary amides is 1. The van der Waals surface area contributed by atoms with Gasteiger partial charge in [-0.3, -0.25) is 4.79 Å². The van der Waals surface area contributed by atoms with E-state index < -0.39 is 5.91 Å². The molecule has 0 aliphatic carbocycles. The lowest BCUT2D eigenvalue weighted by molar-refractivity contribution is 0.100. The summed E-state index contributed by atoms with van der Waals surface area (Å²) < 4.78 is 5.22. The molecule has 0 saturated heterocycles. The summed E-state index contributed by atoms with van der Waals surface area (Å²) in [5, 5.41) is 0.